The third-order valence-corrected chi connectivity index (χ3v) is 2.79. The van der Waals surface area contributed by atoms with Crippen LogP contribution < -0.4 is 10.5 Å². The predicted octanol–water partition coefficient (Wildman–Crippen LogP) is 3.95. The average molecular weight is 245 g/mol. The van der Waals surface area contributed by atoms with Crippen LogP contribution in [0.2, 0.25) is 0 Å². The first-order chi connectivity index (χ1) is 8.58. The molecule has 2 N–H and O–H groups in total. The molecule has 0 saturated carbocycles. The van der Waals surface area contributed by atoms with E-state index in [1.807, 2.05) is 19.1 Å². The lowest BCUT2D eigenvalue weighted by atomic mass is 10.1. The molecule has 2 aromatic rings. The fraction of sp³-hybridized carbons (Fsp3) is 0.200. The van der Waals surface area contributed by atoms with Gasteiger partial charge in [-0.25, -0.2) is 4.39 Å². The molecule has 0 bridgehead atoms. The summed E-state index contributed by atoms with van der Waals surface area (Å²) in [5, 5.41) is 0. The van der Waals surface area contributed by atoms with Crippen molar-refractivity contribution in [1.29, 1.82) is 0 Å². The predicted molar refractivity (Wildman–Crippen MR) is 70.3 cm³/mol. The van der Waals surface area contributed by atoms with E-state index >= 15 is 0 Å². The molecule has 0 heterocycles. The molecule has 2 aromatic carbocycles. The van der Waals surface area contributed by atoms with Gasteiger partial charge < -0.3 is 10.5 Å². The average Bonchev–Trinajstić information content (AvgIpc) is 2.36. The minimum absolute atomic E-state index is 0.0187. The largest absolute Gasteiger partial charge is 0.454 e. The SMILES string of the molecule is Cc1cccc(Oc2ccc(C(C)N)cc2)c1F. The number of hydrogen-bond acceptors (Lipinski definition) is 2. The normalized spacial score (nSPS) is 12.2. The molecular formula is C15H16FNO. The van der Waals surface area contributed by atoms with Gasteiger partial charge in [-0.05, 0) is 43.2 Å². The van der Waals surface area contributed by atoms with E-state index in [0.717, 1.165) is 5.56 Å². The van der Waals surface area contributed by atoms with Gasteiger partial charge in [0.1, 0.15) is 5.75 Å². The van der Waals surface area contributed by atoms with Gasteiger partial charge in [0, 0.05) is 6.04 Å². The van der Waals surface area contributed by atoms with Crippen molar-refractivity contribution in [3.8, 4) is 11.5 Å². The van der Waals surface area contributed by atoms with E-state index in [1.165, 1.54) is 0 Å². The molecule has 1 unspecified atom stereocenters. The van der Waals surface area contributed by atoms with Gasteiger partial charge in [0.25, 0.3) is 0 Å². The van der Waals surface area contributed by atoms with Crippen molar-refractivity contribution in [2.75, 3.05) is 0 Å². The van der Waals surface area contributed by atoms with Crippen LogP contribution in [-0.4, -0.2) is 0 Å². The Balaban J connectivity index is 2.21. The standard InChI is InChI=1S/C15H16FNO/c1-10-4-3-5-14(15(10)16)18-13-8-6-12(7-9-13)11(2)17/h3-9,11H,17H2,1-2H3. The van der Waals surface area contributed by atoms with Crippen molar-refractivity contribution in [1.82, 2.24) is 0 Å². The van der Waals surface area contributed by atoms with Crippen LogP contribution >= 0.6 is 0 Å². The van der Waals surface area contributed by atoms with Gasteiger partial charge in [-0.1, -0.05) is 24.3 Å². The second kappa shape index (κ2) is 5.19. The van der Waals surface area contributed by atoms with Crippen molar-refractivity contribution < 1.29 is 9.13 Å². The zero-order valence-electron chi connectivity index (χ0n) is 10.5. The summed E-state index contributed by atoms with van der Waals surface area (Å²) in [6, 6.07) is 12.4. The van der Waals surface area contributed by atoms with E-state index < -0.39 is 0 Å². The summed E-state index contributed by atoms with van der Waals surface area (Å²) in [5.74, 6) is 0.515. The van der Waals surface area contributed by atoms with Gasteiger partial charge in [-0.3, -0.25) is 0 Å². The summed E-state index contributed by atoms with van der Waals surface area (Å²) in [5.41, 5.74) is 7.35. The molecule has 0 saturated heterocycles. The third-order valence-electron chi connectivity index (χ3n) is 2.79. The molecule has 18 heavy (non-hydrogen) atoms. The number of ether oxygens (including phenoxy) is 1. The maximum absolute atomic E-state index is 13.7. The summed E-state index contributed by atoms with van der Waals surface area (Å²) < 4.78 is 19.3. The molecule has 0 aliphatic carbocycles. The van der Waals surface area contributed by atoms with Crippen molar-refractivity contribution in [3.05, 3.63) is 59.4 Å². The van der Waals surface area contributed by atoms with Crippen molar-refractivity contribution in [2.24, 2.45) is 5.73 Å². The molecule has 2 rings (SSSR count). The van der Waals surface area contributed by atoms with Crippen molar-refractivity contribution in [2.45, 2.75) is 19.9 Å². The van der Waals surface area contributed by atoms with Crippen LogP contribution in [0.5, 0.6) is 11.5 Å². The van der Waals surface area contributed by atoms with Crippen LogP contribution in [-0.2, 0) is 0 Å². The minimum Gasteiger partial charge on any atom is -0.454 e. The lowest BCUT2D eigenvalue weighted by Crippen LogP contribution is -2.04. The van der Waals surface area contributed by atoms with Crippen LogP contribution in [0.15, 0.2) is 42.5 Å². The molecule has 0 fully saturated rings. The number of nitrogens with two attached hydrogens (primary N) is 1. The van der Waals surface area contributed by atoms with Crippen LogP contribution in [0.3, 0.4) is 0 Å². The van der Waals surface area contributed by atoms with Gasteiger partial charge in [0.15, 0.2) is 11.6 Å². The zero-order chi connectivity index (χ0) is 13.1. The quantitative estimate of drug-likeness (QED) is 0.888. The molecule has 0 radical (unpaired) electrons. The molecular weight excluding hydrogens is 229 g/mol. The maximum atomic E-state index is 13.7. The number of hydrogen-bond donors (Lipinski definition) is 1. The third kappa shape index (κ3) is 2.68. The maximum Gasteiger partial charge on any atom is 0.168 e. The molecule has 0 spiro atoms. The Hall–Kier alpha value is -1.87. The second-order valence-electron chi connectivity index (χ2n) is 4.35. The number of halogens is 1. The first-order valence-electron chi connectivity index (χ1n) is 5.86. The lowest BCUT2D eigenvalue weighted by molar-refractivity contribution is 0.440. The fourth-order valence-corrected chi connectivity index (χ4v) is 1.67. The lowest BCUT2D eigenvalue weighted by Gasteiger charge is -2.10. The fourth-order valence-electron chi connectivity index (χ4n) is 1.67. The summed E-state index contributed by atoms with van der Waals surface area (Å²) in [7, 11) is 0. The van der Waals surface area contributed by atoms with Gasteiger partial charge in [-0.2, -0.15) is 0 Å². The summed E-state index contributed by atoms with van der Waals surface area (Å²) in [6.45, 7) is 3.62. The highest BCUT2D eigenvalue weighted by Crippen LogP contribution is 2.26. The summed E-state index contributed by atoms with van der Waals surface area (Å²) >= 11 is 0. The second-order valence-corrected chi connectivity index (χ2v) is 4.35. The molecule has 0 aliphatic rings. The van der Waals surface area contributed by atoms with Gasteiger partial charge in [0.2, 0.25) is 0 Å². The number of aryl methyl sites for hydroxylation is 1. The highest BCUT2D eigenvalue weighted by Gasteiger charge is 2.07. The summed E-state index contributed by atoms with van der Waals surface area (Å²) in [6.07, 6.45) is 0. The van der Waals surface area contributed by atoms with E-state index in [-0.39, 0.29) is 17.6 Å². The number of benzene rings is 2. The van der Waals surface area contributed by atoms with Gasteiger partial charge in [0.05, 0.1) is 0 Å². The molecule has 0 aliphatic heterocycles. The van der Waals surface area contributed by atoms with Crippen LogP contribution in [0.4, 0.5) is 4.39 Å². The smallest absolute Gasteiger partial charge is 0.168 e. The van der Waals surface area contributed by atoms with E-state index in [9.17, 15) is 4.39 Å². The Morgan fingerprint density at radius 3 is 2.39 bits per heavy atom. The molecule has 3 heteroatoms. The Kier molecular flexibility index (Phi) is 3.63. The van der Waals surface area contributed by atoms with Crippen molar-refractivity contribution >= 4 is 0 Å². The van der Waals surface area contributed by atoms with Gasteiger partial charge in [-0.15, -0.1) is 0 Å². The summed E-state index contributed by atoms with van der Waals surface area (Å²) in [4.78, 5) is 0. The first-order valence-corrected chi connectivity index (χ1v) is 5.86. The van der Waals surface area contributed by atoms with E-state index in [4.69, 9.17) is 10.5 Å². The molecule has 94 valence electrons. The number of rotatable bonds is 3. The van der Waals surface area contributed by atoms with E-state index in [2.05, 4.69) is 0 Å². The van der Waals surface area contributed by atoms with Crippen LogP contribution in [0.25, 0.3) is 0 Å². The van der Waals surface area contributed by atoms with E-state index in [0.29, 0.717) is 11.3 Å². The Labute approximate surface area is 106 Å². The van der Waals surface area contributed by atoms with Crippen LogP contribution in [0, 0.1) is 12.7 Å². The van der Waals surface area contributed by atoms with Crippen LogP contribution in [0.1, 0.15) is 24.1 Å². The first kappa shape index (κ1) is 12.6. The zero-order valence-corrected chi connectivity index (χ0v) is 10.5. The highest BCUT2D eigenvalue weighted by molar-refractivity contribution is 5.36. The minimum atomic E-state index is -0.325. The molecule has 2 nitrogen and oxygen atoms in total. The topological polar surface area (TPSA) is 35.2 Å². The highest BCUT2D eigenvalue weighted by atomic mass is 19.1. The molecule has 0 aromatic heterocycles. The molecule has 0 amide bonds. The Morgan fingerprint density at radius 1 is 1.11 bits per heavy atom. The van der Waals surface area contributed by atoms with E-state index in [1.54, 1.807) is 37.3 Å². The Bertz CT molecular complexity index is 535. The molecule has 1 atom stereocenters. The van der Waals surface area contributed by atoms with Gasteiger partial charge >= 0.3 is 0 Å². The Morgan fingerprint density at radius 2 is 1.78 bits per heavy atom. The monoisotopic (exact) mass is 245 g/mol. The van der Waals surface area contributed by atoms with Crippen molar-refractivity contribution in [3.63, 3.8) is 0 Å².